The molecule has 0 radical (unpaired) electrons. The second-order valence-electron chi connectivity index (χ2n) is 3.28. The van der Waals surface area contributed by atoms with Crippen LogP contribution >= 0.6 is 15.9 Å². The Bertz CT molecular complexity index is 363. The molecule has 0 saturated heterocycles. The number of ketones is 1. The Labute approximate surface area is 104 Å². The Hall–Kier alpha value is -0.870. The van der Waals surface area contributed by atoms with E-state index in [9.17, 15) is 4.79 Å². The molecule has 0 aliphatic carbocycles. The van der Waals surface area contributed by atoms with Crippen LogP contribution in [0.1, 0.15) is 29.3 Å². The van der Waals surface area contributed by atoms with Gasteiger partial charge in [-0.25, -0.2) is 0 Å². The number of rotatable bonds is 6. The van der Waals surface area contributed by atoms with Gasteiger partial charge in [0.2, 0.25) is 0 Å². The number of benzene rings is 1. The second-order valence-corrected chi connectivity index (χ2v) is 4.08. The minimum atomic E-state index is -0.0685. The summed E-state index contributed by atoms with van der Waals surface area (Å²) in [6.45, 7) is 2.33. The lowest BCUT2D eigenvalue weighted by molar-refractivity contribution is 0.0986. The van der Waals surface area contributed by atoms with Gasteiger partial charge >= 0.3 is 0 Å². The maximum atomic E-state index is 11.8. The van der Waals surface area contributed by atoms with Crippen molar-refractivity contribution < 1.29 is 14.6 Å². The van der Waals surface area contributed by atoms with E-state index in [1.807, 2.05) is 6.92 Å². The van der Waals surface area contributed by atoms with Gasteiger partial charge in [0.05, 0.1) is 18.8 Å². The van der Waals surface area contributed by atoms with Crippen molar-refractivity contribution in [3.8, 4) is 5.75 Å². The van der Waals surface area contributed by atoms with Crippen LogP contribution in [0, 0.1) is 0 Å². The third-order valence-electron chi connectivity index (χ3n) is 2.15. The first kappa shape index (κ1) is 13.2. The van der Waals surface area contributed by atoms with E-state index in [1.165, 1.54) is 0 Å². The number of aliphatic hydroxyl groups excluding tert-OH is 1. The van der Waals surface area contributed by atoms with Gasteiger partial charge in [-0.15, -0.1) is 0 Å². The SMILES string of the molecule is CCOc1ccc(CO)cc1C(=O)CCBr. The van der Waals surface area contributed by atoms with Crippen LogP contribution in [-0.2, 0) is 6.61 Å². The number of carbonyl (C=O) groups is 1. The van der Waals surface area contributed by atoms with Gasteiger partial charge in [-0.2, -0.15) is 0 Å². The van der Waals surface area contributed by atoms with E-state index >= 15 is 0 Å². The van der Waals surface area contributed by atoms with Crippen LogP contribution in [0.3, 0.4) is 0 Å². The van der Waals surface area contributed by atoms with E-state index < -0.39 is 0 Å². The zero-order valence-corrected chi connectivity index (χ0v) is 10.8. The van der Waals surface area contributed by atoms with Crippen molar-refractivity contribution in [1.82, 2.24) is 0 Å². The van der Waals surface area contributed by atoms with Crippen LogP contribution in [0.25, 0.3) is 0 Å². The summed E-state index contributed by atoms with van der Waals surface area (Å²) < 4.78 is 5.39. The van der Waals surface area contributed by atoms with Crippen molar-refractivity contribution in [3.05, 3.63) is 29.3 Å². The van der Waals surface area contributed by atoms with Gasteiger partial charge in [-0.1, -0.05) is 22.0 Å². The molecule has 88 valence electrons. The van der Waals surface area contributed by atoms with Crippen LogP contribution in [0.4, 0.5) is 0 Å². The van der Waals surface area contributed by atoms with Gasteiger partial charge in [0.15, 0.2) is 5.78 Å². The predicted molar refractivity (Wildman–Crippen MR) is 66.3 cm³/mol. The van der Waals surface area contributed by atoms with Crippen molar-refractivity contribution in [1.29, 1.82) is 0 Å². The zero-order valence-electron chi connectivity index (χ0n) is 9.20. The Morgan fingerprint density at radius 1 is 1.50 bits per heavy atom. The minimum Gasteiger partial charge on any atom is -0.493 e. The van der Waals surface area contributed by atoms with Gasteiger partial charge in [-0.3, -0.25) is 4.79 Å². The average Bonchev–Trinajstić information content (AvgIpc) is 2.30. The van der Waals surface area contributed by atoms with E-state index in [0.717, 1.165) is 5.56 Å². The first-order valence-corrected chi connectivity index (χ1v) is 6.30. The first-order valence-electron chi connectivity index (χ1n) is 5.18. The standard InChI is InChI=1S/C12H15BrO3/c1-2-16-12-4-3-9(8-14)7-10(12)11(15)5-6-13/h3-4,7,14H,2,5-6,8H2,1H3. The van der Waals surface area contributed by atoms with Gasteiger partial charge in [0.25, 0.3) is 0 Å². The molecule has 1 aromatic rings. The lowest BCUT2D eigenvalue weighted by atomic mass is 10.0. The molecular formula is C12H15BrO3. The molecule has 0 aliphatic heterocycles. The lowest BCUT2D eigenvalue weighted by Crippen LogP contribution is -2.05. The monoisotopic (exact) mass is 286 g/mol. The first-order chi connectivity index (χ1) is 7.72. The van der Waals surface area contributed by atoms with Crippen LogP contribution < -0.4 is 4.74 Å². The van der Waals surface area contributed by atoms with Crippen molar-refractivity contribution in [3.63, 3.8) is 0 Å². The molecule has 0 atom stereocenters. The Morgan fingerprint density at radius 3 is 2.81 bits per heavy atom. The number of alkyl halides is 1. The Morgan fingerprint density at radius 2 is 2.25 bits per heavy atom. The topological polar surface area (TPSA) is 46.5 Å². The third kappa shape index (κ3) is 3.32. The highest BCUT2D eigenvalue weighted by atomic mass is 79.9. The Balaban J connectivity index is 3.04. The highest BCUT2D eigenvalue weighted by Crippen LogP contribution is 2.22. The summed E-state index contributed by atoms with van der Waals surface area (Å²) in [6.07, 6.45) is 0.426. The molecular weight excluding hydrogens is 272 g/mol. The molecule has 3 nitrogen and oxygen atoms in total. The number of carbonyl (C=O) groups excluding carboxylic acids is 1. The summed E-state index contributed by atoms with van der Waals surface area (Å²) in [7, 11) is 0. The summed E-state index contributed by atoms with van der Waals surface area (Å²) in [5, 5.41) is 9.66. The molecule has 1 N–H and O–H groups in total. The molecule has 0 fully saturated rings. The molecule has 0 aliphatic rings. The maximum absolute atomic E-state index is 11.8. The van der Waals surface area contributed by atoms with Crippen LogP contribution in [-0.4, -0.2) is 22.8 Å². The number of ether oxygens (including phenoxy) is 1. The second kappa shape index (κ2) is 6.66. The summed E-state index contributed by atoms with van der Waals surface area (Å²) in [6, 6.07) is 5.18. The summed E-state index contributed by atoms with van der Waals surface area (Å²) in [5.41, 5.74) is 1.27. The number of aliphatic hydroxyl groups is 1. The van der Waals surface area contributed by atoms with E-state index in [2.05, 4.69) is 15.9 Å². The van der Waals surface area contributed by atoms with Crippen molar-refractivity contribution in [2.75, 3.05) is 11.9 Å². The zero-order chi connectivity index (χ0) is 12.0. The summed E-state index contributed by atoms with van der Waals surface area (Å²) in [5.74, 6) is 0.612. The van der Waals surface area contributed by atoms with Crippen LogP contribution in [0.5, 0.6) is 5.75 Å². The van der Waals surface area contributed by atoms with E-state index in [1.54, 1.807) is 18.2 Å². The highest BCUT2D eigenvalue weighted by Gasteiger charge is 2.12. The normalized spacial score (nSPS) is 10.2. The van der Waals surface area contributed by atoms with Crippen LogP contribution in [0.2, 0.25) is 0 Å². The van der Waals surface area contributed by atoms with Gasteiger partial charge < -0.3 is 9.84 Å². The van der Waals surface area contributed by atoms with Gasteiger partial charge in [0, 0.05) is 11.8 Å². The van der Waals surface area contributed by atoms with Gasteiger partial charge in [-0.05, 0) is 24.6 Å². The van der Waals surface area contributed by atoms with E-state index in [4.69, 9.17) is 9.84 Å². The fraction of sp³-hybridized carbons (Fsp3) is 0.417. The highest BCUT2D eigenvalue weighted by molar-refractivity contribution is 9.09. The molecule has 0 amide bonds. The quantitative estimate of drug-likeness (QED) is 0.646. The summed E-state index contributed by atoms with van der Waals surface area (Å²) >= 11 is 3.24. The maximum Gasteiger partial charge on any atom is 0.167 e. The number of hydrogen-bond acceptors (Lipinski definition) is 3. The van der Waals surface area contributed by atoms with Crippen molar-refractivity contribution in [2.24, 2.45) is 0 Å². The molecule has 1 rings (SSSR count). The number of hydrogen-bond donors (Lipinski definition) is 1. The van der Waals surface area contributed by atoms with Gasteiger partial charge in [0.1, 0.15) is 5.75 Å². The minimum absolute atomic E-state index is 0.0237. The molecule has 0 saturated carbocycles. The molecule has 0 aromatic heterocycles. The third-order valence-corrected chi connectivity index (χ3v) is 2.54. The fourth-order valence-electron chi connectivity index (χ4n) is 1.40. The molecule has 1 aromatic carbocycles. The average molecular weight is 287 g/mol. The summed E-state index contributed by atoms with van der Waals surface area (Å²) in [4.78, 5) is 11.8. The lowest BCUT2D eigenvalue weighted by Gasteiger charge is -2.10. The molecule has 16 heavy (non-hydrogen) atoms. The van der Waals surface area contributed by atoms with Crippen molar-refractivity contribution >= 4 is 21.7 Å². The largest absolute Gasteiger partial charge is 0.493 e. The number of Topliss-reactive ketones (excluding diaryl/α,β-unsaturated/α-hetero) is 1. The predicted octanol–water partition coefficient (Wildman–Crippen LogP) is 2.55. The smallest absolute Gasteiger partial charge is 0.167 e. The Kier molecular flexibility index (Phi) is 5.49. The molecule has 0 spiro atoms. The molecule has 0 unspecified atom stereocenters. The number of halogens is 1. The molecule has 0 bridgehead atoms. The fourth-order valence-corrected chi connectivity index (χ4v) is 1.76. The molecule has 4 heteroatoms. The van der Waals surface area contributed by atoms with E-state index in [-0.39, 0.29) is 12.4 Å². The van der Waals surface area contributed by atoms with Crippen LogP contribution in [0.15, 0.2) is 18.2 Å². The van der Waals surface area contributed by atoms with E-state index in [0.29, 0.717) is 29.7 Å². The molecule has 0 heterocycles. The van der Waals surface area contributed by atoms with Crippen molar-refractivity contribution in [2.45, 2.75) is 20.0 Å².